The van der Waals surface area contributed by atoms with E-state index in [4.69, 9.17) is 10.5 Å². The summed E-state index contributed by atoms with van der Waals surface area (Å²) in [6, 6.07) is 4.12. The summed E-state index contributed by atoms with van der Waals surface area (Å²) in [5, 5.41) is 3.37. The van der Waals surface area contributed by atoms with Crippen molar-refractivity contribution in [2.24, 2.45) is 0 Å². The predicted octanol–water partition coefficient (Wildman–Crippen LogP) is 2.02. The lowest BCUT2D eigenvalue weighted by molar-refractivity contribution is 0.0904. The van der Waals surface area contributed by atoms with Gasteiger partial charge in [-0.25, -0.2) is 4.98 Å². The Labute approximate surface area is 97.3 Å². The van der Waals surface area contributed by atoms with Crippen LogP contribution in [0.1, 0.15) is 12.8 Å². The third-order valence-corrected chi connectivity index (χ3v) is 3.07. The summed E-state index contributed by atoms with van der Waals surface area (Å²) < 4.78 is 6.24. The van der Waals surface area contributed by atoms with Crippen LogP contribution in [-0.4, -0.2) is 24.2 Å². The summed E-state index contributed by atoms with van der Waals surface area (Å²) >= 11 is 3.45. The number of anilines is 2. The molecule has 4 nitrogen and oxygen atoms in total. The molecule has 0 bridgehead atoms. The number of aromatic nitrogens is 1. The molecule has 1 fully saturated rings. The maximum atomic E-state index is 5.64. The lowest BCUT2D eigenvalue weighted by Gasteiger charge is -2.24. The van der Waals surface area contributed by atoms with E-state index < -0.39 is 0 Å². The Morgan fingerprint density at radius 1 is 1.40 bits per heavy atom. The van der Waals surface area contributed by atoms with E-state index in [-0.39, 0.29) is 0 Å². The lowest BCUT2D eigenvalue weighted by Crippen LogP contribution is -2.28. The van der Waals surface area contributed by atoms with Crippen LogP contribution in [0.4, 0.5) is 11.6 Å². The van der Waals surface area contributed by atoms with Gasteiger partial charge in [-0.05, 0) is 40.9 Å². The third kappa shape index (κ3) is 2.82. The molecule has 1 saturated heterocycles. The fourth-order valence-electron chi connectivity index (χ4n) is 1.59. The molecule has 0 aromatic carbocycles. The topological polar surface area (TPSA) is 60.2 Å². The number of halogens is 1. The van der Waals surface area contributed by atoms with E-state index in [1.807, 2.05) is 6.07 Å². The first-order valence-electron chi connectivity index (χ1n) is 5.02. The van der Waals surface area contributed by atoms with Crippen molar-refractivity contribution in [2.75, 3.05) is 24.3 Å². The molecule has 0 unspecified atom stereocenters. The zero-order chi connectivity index (χ0) is 10.7. The van der Waals surface area contributed by atoms with Crippen molar-refractivity contribution in [3.63, 3.8) is 0 Å². The first-order valence-corrected chi connectivity index (χ1v) is 5.81. The summed E-state index contributed by atoms with van der Waals surface area (Å²) in [5.41, 5.74) is 5.64. The minimum Gasteiger partial charge on any atom is -0.384 e. The number of hydrogen-bond acceptors (Lipinski definition) is 4. The standard InChI is InChI=1S/C10H14BrN3O/c11-8-1-2-9(12)14-10(8)13-7-3-5-15-6-4-7/h1-2,7H,3-6H2,(H3,12,13,14). The van der Waals surface area contributed by atoms with Crippen molar-refractivity contribution in [3.8, 4) is 0 Å². The molecule has 1 aromatic rings. The van der Waals surface area contributed by atoms with Gasteiger partial charge in [-0.2, -0.15) is 0 Å². The molecule has 2 heterocycles. The summed E-state index contributed by atoms with van der Waals surface area (Å²) in [4.78, 5) is 4.25. The van der Waals surface area contributed by atoms with Gasteiger partial charge in [0, 0.05) is 19.3 Å². The van der Waals surface area contributed by atoms with Crippen LogP contribution in [0.15, 0.2) is 16.6 Å². The molecule has 0 radical (unpaired) electrons. The zero-order valence-corrected chi connectivity index (χ0v) is 9.96. The Balaban J connectivity index is 2.05. The average molecular weight is 272 g/mol. The van der Waals surface area contributed by atoms with Crippen LogP contribution < -0.4 is 11.1 Å². The molecular weight excluding hydrogens is 258 g/mol. The summed E-state index contributed by atoms with van der Waals surface area (Å²) in [7, 11) is 0. The van der Waals surface area contributed by atoms with Crippen molar-refractivity contribution in [1.82, 2.24) is 4.98 Å². The molecule has 0 aliphatic carbocycles. The molecule has 1 aliphatic rings. The minimum atomic E-state index is 0.435. The molecule has 0 saturated carbocycles. The maximum absolute atomic E-state index is 5.64. The van der Waals surface area contributed by atoms with Gasteiger partial charge < -0.3 is 15.8 Å². The van der Waals surface area contributed by atoms with Crippen molar-refractivity contribution in [3.05, 3.63) is 16.6 Å². The number of nitrogens with two attached hydrogens (primary N) is 1. The Hall–Kier alpha value is -0.810. The second-order valence-corrected chi connectivity index (χ2v) is 4.45. The number of nitrogens with zero attached hydrogens (tertiary/aromatic N) is 1. The summed E-state index contributed by atoms with van der Waals surface area (Å²) in [6.07, 6.45) is 2.03. The highest BCUT2D eigenvalue weighted by Gasteiger charge is 2.15. The molecule has 0 amide bonds. The molecule has 0 atom stereocenters. The van der Waals surface area contributed by atoms with E-state index in [1.54, 1.807) is 6.07 Å². The Morgan fingerprint density at radius 2 is 2.13 bits per heavy atom. The molecule has 5 heteroatoms. The van der Waals surface area contributed by atoms with E-state index in [0.29, 0.717) is 11.9 Å². The quantitative estimate of drug-likeness (QED) is 0.864. The second kappa shape index (κ2) is 4.81. The Morgan fingerprint density at radius 3 is 2.87 bits per heavy atom. The van der Waals surface area contributed by atoms with E-state index >= 15 is 0 Å². The van der Waals surface area contributed by atoms with Gasteiger partial charge in [0.1, 0.15) is 11.6 Å². The lowest BCUT2D eigenvalue weighted by atomic mass is 10.1. The molecule has 0 spiro atoms. The minimum absolute atomic E-state index is 0.435. The number of hydrogen-bond donors (Lipinski definition) is 2. The van der Waals surface area contributed by atoms with Crippen LogP contribution in [0.25, 0.3) is 0 Å². The second-order valence-electron chi connectivity index (χ2n) is 3.60. The maximum Gasteiger partial charge on any atom is 0.142 e. The van der Waals surface area contributed by atoms with Crippen LogP contribution in [0.3, 0.4) is 0 Å². The zero-order valence-electron chi connectivity index (χ0n) is 8.37. The molecule has 15 heavy (non-hydrogen) atoms. The first kappa shape index (κ1) is 10.7. The highest BCUT2D eigenvalue weighted by Crippen LogP contribution is 2.23. The van der Waals surface area contributed by atoms with Crippen LogP contribution in [0.2, 0.25) is 0 Å². The predicted molar refractivity (Wildman–Crippen MR) is 63.8 cm³/mol. The van der Waals surface area contributed by atoms with Gasteiger partial charge in [0.15, 0.2) is 0 Å². The molecule has 3 N–H and O–H groups in total. The number of nitrogens with one attached hydrogen (secondary N) is 1. The van der Waals surface area contributed by atoms with E-state index in [0.717, 1.165) is 36.3 Å². The smallest absolute Gasteiger partial charge is 0.142 e. The van der Waals surface area contributed by atoms with E-state index in [2.05, 4.69) is 26.2 Å². The van der Waals surface area contributed by atoms with Crippen LogP contribution in [0, 0.1) is 0 Å². The number of rotatable bonds is 2. The molecule has 1 aliphatic heterocycles. The molecule has 82 valence electrons. The number of ether oxygens (including phenoxy) is 1. The van der Waals surface area contributed by atoms with Gasteiger partial charge in [0.05, 0.1) is 4.47 Å². The van der Waals surface area contributed by atoms with Crippen LogP contribution in [0.5, 0.6) is 0 Å². The van der Waals surface area contributed by atoms with Crippen molar-refractivity contribution in [2.45, 2.75) is 18.9 Å². The van der Waals surface area contributed by atoms with Gasteiger partial charge >= 0.3 is 0 Å². The summed E-state index contributed by atoms with van der Waals surface area (Å²) in [5.74, 6) is 1.36. The molecular formula is C10H14BrN3O. The van der Waals surface area contributed by atoms with Gasteiger partial charge in [0.25, 0.3) is 0 Å². The normalized spacial score (nSPS) is 17.7. The number of pyridine rings is 1. The van der Waals surface area contributed by atoms with Crippen molar-refractivity contribution < 1.29 is 4.74 Å². The molecule has 2 rings (SSSR count). The highest BCUT2D eigenvalue weighted by molar-refractivity contribution is 9.10. The fraction of sp³-hybridized carbons (Fsp3) is 0.500. The average Bonchev–Trinajstić information content (AvgIpc) is 2.25. The largest absolute Gasteiger partial charge is 0.384 e. The molecule has 1 aromatic heterocycles. The summed E-state index contributed by atoms with van der Waals surface area (Å²) in [6.45, 7) is 1.63. The van der Waals surface area contributed by atoms with Gasteiger partial charge in [0.2, 0.25) is 0 Å². The Kier molecular flexibility index (Phi) is 3.43. The first-order chi connectivity index (χ1) is 7.25. The highest BCUT2D eigenvalue weighted by atomic mass is 79.9. The van der Waals surface area contributed by atoms with E-state index in [9.17, 15) is 0 Å². The monoisotopic (exact) mass is 271 g/mol. The van der Waals surface area contributed by atoms with Crippen LogP contribution >= 0.6 is 15.9 Å². The Bertz CT molecular complexity index is 339. The van der Waals surface area contributed by atoms with Crippen molar-refractivity contribution >= 4 is 27.6 Å². The fourth-order valence-corrected chi connectivity index (χ4v) is 1.93. The SMILES string of the molecule is Nc1ccc(Br)c(NC2CCOCC2)n1. The third-order valence-electron chi connectivity index (χ3n) is 2.43. The van der Waals surface area contributed by atoms with Crippen molar-refractivity contribution in [1.29, 1.82) is 0 Å². The number of nitrogen functional groups attached to an aromatic ring is 1. The van der Waals surface area contributed by atoms with E-state index in [1.165, 1.54) is 0 Å². The van der Waals surface area contributed by atoms with Crippen LogP contribution in [-0.2, 0) is 4.74 Å². The van der Waals surface area contributed by atoms with Gasteiger partial charge in [-0.15, -0.1) is 0 Å². The van der Waals surface area contributed by atoms with Gasteiger partial charge in [-0.3, -0.25) is 0 Å². The van der Waals surface area contributed by atoms with Gasteiger partial charge in [-0.1, -0.05) is 0 Å².